The molecule has 0 amide bonds. The van der Waals surface area contributed by atoms with E-state index < -0.39 is 11.6 Å². The smallest absolute Gasteiger partial charge is 0.343 e. The Labute approximate surface area is 123 Å². The largest absolute Gasteiger partial charge is 0.462 e. The molecule has 1 saturated heterocycles. The summed E-state index contributed by atoms with van der Waals surface area (Å²) in [6.07, 6.45) is 1.31. The molecule has 116 valence electrons. The first-order valence-corrected chi connectivity index (χ1v) is 6.98. The number of methoxy groups -OCH3 is 1. The van der Waals surface area contributed by atoms with Crippen molar-refractivity contribution in [3.8, 4) is 0 Å². The Balaban J connectivity index is 2.41. The number of ether oxygens (including phenoxy) is 3. The molecule has 0 bridgehead atoms. The lowest BCUT2D eigenvalue weighted by atomic mass is 9.92. The molecule has 0 aromatic carbocycles. The van der Waals surface area contributed by atoms with E-state index in [-0.39, 0.29) is 18.0 Å². The zero-order chi connectivity index (χ0) is 15.5. The summed E-state index contributed by atoms with van der Waals surface area (Å²) in [5, 5.41) is 0. The molecule has 1 aliphatic heterocycles. The quantitative estimate of drug-likeness (QED) is 0.833. The average Bonchev–Trinajstić information content (AvgIpc) is 2.47. The highest BCUT2D eigenvalue weighted by Crippen LogP contribution is 2.34. The number of aryl methyl sites for hydroxylation is 1. The minimum Gasteiger partial charge on any atom is -0.462 e. The first kappa shape index (κ1) is 15.7. The Morgan fingerprint density at radius 2 is 2.05 bits per heavy atom. The molecule has 1 fully saturated rings. The van der Waals surface area contributed by atoms with Crippen molar-refractivity contribution >= 4 is 11.8 Å². The van der Waals surface area contributed by atoms with Crippen molar-refractivity contribution in [2.24, 2.45) is 0 Å². The molecular formula is C14H21N3O4. The Morgan fingerprint density at radius 1 is 1.38 bits per heavy atom. The number of rotatable bonds is 4. The minimum absolute atomic E-state index is 0.124. The van der Waals surface area contributed by atoms with Gasteiger partial charge in [0.05, 0.1) is 12.3 Å². The van der Waals surface area contributed by atoms with E-state index in [9.17, 15) is 4.79 Å². The van der Waals surface area contributed by atoms with E-state index >= 15 is 0 Å². The lowest BCUT2D eigenvalue weighted by molar-refractivity contribution is -0.1000. The van der Waals surface area contributed by atoms with Crippen LogP contribution in [0.3, 0.4) is 0 Å². The molecular weight excluding hydrogens is 274 g/mol. The number of esters is 1. The van der Waals surface area contributed by atoms with Gasteiger partial charge in [0.15, 0.2) is 5.82 Å². The summed E-state index contributed by atoms with van der Waals surface area (Å²) in [7, 11) is 1.62. The van der Waals surface area contributed by atoms with Gasteiger partial charge in [0, 0.05) is 33.2 Å². The zero-order valence-electron chi connectivity index (χ0n) is 12.6. The Morgan fingerprint density at radius 3 is 2.57 bits per heavy atom. The van der Waals surface area contributed by atoms with Gasteiger partial charge in [-0.3, -0.25) is 0 Å². The van der Waals surface area contributed by atoms with Gasteiger partial charge in [0.2, 0.25) is 0 Å². The molecule has 0 unspecified atom stereocenters. The number of hydrogen-bond donors (Lipinski definition) is 1. The van der Waals surface area contributed by atoms with E-state index in [1.54, 1.807) is 21.0 Å². The molecule has 1 aromatic rings. The summed E-state index contributed by atoms with van der Waals surface area (Å²) < 4.78 is 16.0. The van der Waals surface area contributed by atoms with Crippen molar-refractivity contribution in [3.05, 3.63) is 17.1 Å². The molecule has 0 radical (unpaired) electrons. The highest BCUT2D eigenvalue weighted by molar-refractivity contribution is 5.95. The number of nitrogens with zero attached hydrogens (tertiary/aromatic N) is 2. The predicted octanol–water partition coefficient (Wildman–Crippen LogP) is 1.20. The van der Waals surface area contributed by atoms with Crippen molar-refractivity contribution in [3.63, 3.8) is 0 Å². The third-order valence-electron chi connectivity index (χ3n) is 3.70. The van der Waals surface area contributed by atoms with E-state index in [2.05, 4.69) is 9.97 Å². The molecule has 21 heavy (non-hydrogen) atoms. The second kappa shape index (κ2) is 6.36. The summed E-state index contributed by atoms with van der Waals surface area (Å²) in [6.45, 7) is 4.89. The van der Waals surface area contributed by atoms with Gasteiger partial charge in [0.25, 0.3) is 0 Å². The van der Waals surface area contributed by atoms with E-state index in [1.807, 2.05) is 0 Å². The van der Waals surface area contributed by atoms with E-state index in [0.29, 0.717) is 37.6 Å². The number of hydrogen-bond acceptors (Lipinski definition) is 7. The van der Waals surface area contributed by atoms with Crippen LogP contribution in [0.4, 0.5) is 5.82 Å². The first-order valence-electron chi connectivity index (χ1n) is 6.98. The number of carbonyl (C=O) groups excluding carboxylic acids is 1. The van der Waals surface area contributed by atoms with Crippen LogP contribution in [-0.4, -0.2) is 42.9 Å². The van der Waals surface area contributed by atoms with Crippen LogP contribution in [0.25, 0.3) is 0 Å². The lowest BCUT2D eigenvalue weighted by Gasteiger charge is -2.34. The first-order chi connectivity index (χ1) is 10.0. The maximum absolute atomic E-state index is 11.9. The van der Waals surface area contributed by atoms with Gasteiger partial charge in [-0.1, -0.05) is 0 Å². The summed E-state index contributed by atoms with van der Waals surface area (Å²) in [5.74, 6) is 0.118. The predicted molar refractivity (Wildman–Crippen MR) is 75.9 cm³/mol. The van der Waals surface area contributed by atoms with Gasteiger partial charge in [0.1, 0.15) is 17.0 Å². The Bertz CT molecular complexity index is 504. The van der Waals surface area contributed by atoms with Gasteiger partial charge in [-0.05, 0) is 13.8 Å². The fourth-order valence-electron chi connectivity index (χ4n) is 2.47. The molecule has 1 aromatic heterocycles. The molecule has 1 aliphatic rings. The van der Waals surface area contributed by atoms with Crippen LogP contribution in [-0.2, 0) is 19.8 Å². The van der Waals surface area contributed by atoms with Crippen LogP contribution < -0.4 is 5.73 Å². The standard InChI is InChI=1S/C14H21N3O4/c1-4-21-12(18)10-9(2)16-13(17-11(10)15)14(19-3)5-7-20-8-6-14/h4-8H2,1-3H3,(H2,15,16,17). The molecule has 0 saturated carbocycles. The van der Waals surface area contributed by atoms with Gasteiger partial charge < -0.3 is 19.9 Å². The minimum atomic E-state index is -0.607. The van der Waals surface area contributed by atoms with Crippen LogP contribution >= 0.6 is 0 Å². The molecule has 0 spiro atoms. The number of nitrogen functional groups attached to an aromatic ring is 1. The van der Waals surface area contributed by atoms with Gasteiger partial charge in [-0.25, -0.2) is 14.8 Å². The third kappa shape index (κ3) is 2.98. The molecule has 7 nitrogen and oxygen atoms in total. The molecule has 0 atom stereocenters. The average molecular weight is 295 g/mol. The number of anilines is 1. The van der Waals surface area contributed by atoms with Crippen LogP contribution in [0.5, 0.6) is 0 Å². The van der Waals surface area contributed by atoms with E-state index in [4.69, 9.17) is 19.9 Å². The van der Waals surface area contributed by atoms with Gasteiger partial charge in [-0.15, -0.1) is 0 Å². The van der Waals surface area contributed by atoms with Gasteiger partial charge in [-0.2, -0.15) is 0 Å². The summed E-state index contributed by atoms with van der Waals surface area (Å²) in [6, 6.07) is 0. The second-order valence-electron chi connectivity index (χ2n) is 4.92. The number of aromatic nitrogens is 2. The van der Waals surface area contributed by atoms with Crippen molar-refractivity contribution in [2.45, 2.75) is 32.3 Å². The third-order valence-corrected chi connectivity index (χ3v) is 3.70. The molecule has 7 heteroatoms. The highest BCUT2D eigenvalue weighted by atomic mass is 16.5. The summed E-state index contributed by atoms with van der Waals surface area (Å²) in [5.41, 5.74) is 6.05. The number of nitrogens with two attached hydrogens (primary N) is 1. The second-order valence-corrected chi connectivity index (χ2v) is 4.92. The zero-order valence-corrected chi connectivity index (χ0v) is 12.6. The van der Waals surface area contributed by atoms with Crippen LogP contribution in [0.2, 0.25) is 0 Å². The van der Waals surface area contributed by atoms with Crippen LogP contribution in [0.15, 0.2) is 0 Å². The maximum atomic E-state index is 11.9. The van der Waals surface area contributed by atoms with Crippen molar-refractivity contribution in [1.29, 1.82) is 0 Å². The molecule has 2 heterocycles. The lowest BCUT2D eigenvalue weighted by Crippen LogP contribution is -2.38. The van der Waals surface area contributed by atoms with E-state index in [0.717, 1.165) is 0 Å². The van der Waals surface area contributed by atoms with Gasteiger partial charge >= 0.3 is 5.97 Å². The molecule has 2 N–H and O–H groups in total. The van der Waals surface area contributed by atoms with Crippen LogP contribution in [0.1, 0.15) is 41.6 Å². The SMILES string of the molecule is CCOC(=O)c1c(C)nc(C2(OC)CCOCC2)nc1N. The van der Waals surface area contributed by atoms with Crippen LogP contribution in [0, 0.1) is 6.92 Å². The molecule has 2 rings (SSSR count). The normalized spacial score (nSPS) is 17.5. The van der Waals surface area contributed by atoms with Crippen molar-refractivity contribution < 1.29 is 19.0 Å². The Kier molecular flexibility index (Phi) is 4.74. The number of carbonyl (C=O) groups is 1. The summed E-state index contributed by atoms with van der Waals surface area (Å²) in [4.78, 5) is 20.6. The fourth-order valence-corrected chi connectivity index (χ4v) is 2.47. The maximum Gasteiger partial charge on any atom is 0.343 e. The van der Waals surface area contributed by atoms with E-state index in [1.165, 1.54) is 0 Å². The fraction of sp³-hybridized carbons (Fsp3) is 0.643. The van der Waals surface area contributed by atoms with Crippen molar-refractivity contribution in [1.82, 2.24) is 9.97 Å². The molecule has 0 aliphatic carbocycles. The van der Waals surface area contributed by atoms with Crippen molar-refractivity contribution in [2.75, 3.05) is 32.7 Å². The highest BCUT2D eigenvalue weighted by Gasteiger charge is 2.38. The topological polar surface area (TPSA) is 96.6 Å². The Hall–Kier alpha value is -1.73. The monoisotopic (exact) mass is 295 g/mol. The summed E-state index contributed by atoms with van der Waals surface area (Å²) >= 11 is 0.